The van der Waals surface area contributed by atoms with Crippen LogP contribution in [-0.4, -0.2) is 30.1 Å². The van der Waals surface area contributed by atoms with Crippen LogP contribution >= 0.6 is 0 Å². The summed E-state index contributed by atoms with van der Waals surface area (Å²) in [5.41, 5.74) is 7.15. The number of carbonyl (C=O) groups excluding carboxylic acids is 1. The van der Waals surface area contributed by atoms with Crippen molar-refractivity contribution in [2.24, 2.45) is 0 Å². The van der Waals surface area contributed by atoms with E-state index in [-0.39, 0.29) is 5.69 Å². The van der Waals surface area contributed by atoms with Gasteiger partial charge in [0.2, 0.25) is 0 Å². The lowest BCUT2D eigenvalue weighted by Gasteiger charge is -2.18. The molecule has 0 bridgehead atoms. The van der Waals surface area contributed by atoms with Crippen LogP contribution in [0, 0.1) is 0 Å². The monoisotopic (exact) mass is 258 g/mol. The first-order chi connectivity index (χ1) is 9.13. The molecule has 98 valence electrons. The number of methoxy groups -OCH3 is 1. The molecule has 0 spiro atoms. The minimum Gasteiger partial charge on any atom is -0.465 e. The van der Waals surface area contributed by atoms with Crippen LogP contribution in [0.3, 0.4) is 0 Å². The van der Waals surface area contributed by atoms with Crippen molar-refractivity contribution in [3.63, 3.8) is 0 Å². The number of hydrogen-bond acceptors (Lipinski definition) is 6. The van der Waals surface area contributed by atoms with E-state index in [4.69, 9.17) is 5.73 Å². The van der Waals surface area contributed by atoms with Crippen molar-refractivity contribution < 1.29 is 9.53 Å². The quantitative estimate of drug-likeness (QED) is 0.842. The van der Waals surface area contributed by atoms with Gasteiger partial charge in [0.25, 0.3) is 0 Å². The maximum Gasteiger partial charge on any atom is 0.340 e. The van der Waals surface area contributed by atoms with Crippen LogP contribution in [0.25, 0.3) is 0 Å². The van der Waals surface area contributed by atoms with Crippen LogP contribution in [0.1, 0.15) is 10.4 Å². The van der Waals surface area contributed by atoms with Crippen molar-refractivity contribution in [2.45, 2.75) is 0 Å². The largest absolute Gasteiger partial charge is 0.465 e. The SMILES string of the molecule is COC(=O)c1cc(N(C)c2cccnc2)ncc1N. The average molecular weight is 258 g/mol. The van der Waals surface area contributed by atoms with Crippen molar-refractivity contribution in [1.29, 1.82) is 0 Å². The number of aromatic nitrogens is 2. The maximum atomic E-state index is 11.6. The fraction of sp³-hybridized carbons (Fsp3) is 0.154. The zero-order valence-corrected chi connectivity index (χ0v) is 10.7. The number of anilines is 3. The Morgan fingerprint density at radius 2 is 2.21 bits per heavy atom. The summed E-state index contributed by atoms with van der Waals surface area (Å²) in [4.78, 5) is 21.6. The first-order valence-electron chi connectivity index (χ1n) is 5.61. The lowest BCUT2D eigenvalue weighted by atomic mass is 10.2. The summed E-state index contributed by atoms with van der Waals surface area (Å²) in [5.74, 6) is 0.100. The second kappa shape index (κ2) is 5.34. The van der Waals surface area contributed by atoms with Gasteiger partial charge >= 0.3 is 5.97 Å². The molecule has 0 aliphatic carbocycles. The van der Waals surface area contributed by atoms with E-state index in [1.807, 2.05) is 19.2 Å². The number of esters is 1. The highest BCUT2D eigenvalue weighted by molar-refractivity contribution is 5.95. The van der Waals surface area contributed by atoms with E-state index in [2.05, 4.69) is 14.7 Å². The summed E-state index contributed by atoms with van der Waals surface area (Å²) in [6, 6.07) is 5.31. The molecule has 6 nitrogen and oxygen atoms in total. The number of nitrogens with two attached hydrogens (primary N) is 1. The van der Waals surface area contributed by atoms with E-state index in [0.717, 1.165) is 5.69 Å². The van der Waals surface area contributed by atoms with Gasteiger partial charge in [0, 0.05) is 13.2 Å². The standard InChI is InChI=1S/C13H14N4O2/c1-17(9-4-3-5-15-7-9)12-6-10(13(18)19-2)11(14)8-16-12/h3-8H,14H2,1-2H3. The number of hydrogen-bond donors (Lipinski definition) is 1. The Balaban J connectivity index is 2.38. The summed E-state index contributed by atoms with van der Waals surface area (Å²) in [6.45, 7) is 0. The molecule has 0 aromatic carbocycles. The lowest BCUT2D eigenvalue weighted by molar-refractivity contribution is 0.0602. The Labute approximate surface area is 110 Å². The van der Waals surface area contributed by atoms with Gasteiger partial charge in [0.05, 0.1) is 36.4 Å². The summed E-state index contributed by atoms with van der Waals surface area (Å²) >= 11 is 0. The molecule has 0 saturated carbocycles. The van der Waals surface area contributed by atoms with Gasteiger partial charge in [0.15, 0.2) is 0 Å². The fourth-order valence-corrected chi connectivity index (χ4v) is 1.61. The first-order valence-corrected chi connectivity index (χ1v) is 5.61. The minimum absolute atomic E-state index is 0.287. The number of carbonyl (C=O) groups is 1. The van der Waals surface area contributed by atoms with Gasteiger partial charge in [0.1, 0.15) is 5.82 Å². The molecule has 2 aromatic rings. The van der Waals surface area contributed by atoms with Gasteiger partial charge in [-0.25, -0.2) is 9.78 Å². The molecule has 2 heterocycles. The summed E-state index contributed by atoms with van der Waals surface area (Å²) in [6.07, 6.45) is 4.83. The van der Waals surface area contributed by atoms with Gasteiger partial charge in [-0.2, -0.15) is 0 Å². The highest BCUT2D eigenvalue weighted by atomic mass is 16.5. The molecule has 0 fully saturated rings. The Morgan fingerprint density at radius 3 is 2.84 bits per heavy atom. The number of rotatable bonds is 3. The van der Waals surface area contributed by atoms with Crippen molar-refractivity contribution in [1.82, 2.24) is 9.97 Å². The second-order valence-corrected chi connectivity index (χ2v) is 3.89. The number of nitrogens with zero attached hydrogens (tertiary/aromatic N) is 3. The van der Waals surface area contributed by atoms with E-state index in [9.17, 15) is 4.79 Å². The predicted octanol–water partition coefficient (Wildman–Crippen LogP) is 1.61. The van der Waals surface area contributed by atoms with E-state index >= 15 is 0 Å². The molecule has 2 N–H and O–H groups in total. The Kier molecular flexibility index (Phi) is 3.61. The summed E-state index contributed by atoms with van der Waals surface area (Å²) < 4.78 is 4.68. The van der Waals surface area contributed by atoms with Crippen molar-refractivity contribution >= 4 is 23.2 Å². The summed E-state index contributed by atoms with van der Waals surface area (Å²) in [7, 11) is 3.14. The van der Waals surface area contributed by atoms with E-state index < -0.39 is 5.97 Å². The van der Waals surface area contributed by atoms with Crippen LogP contribution in [0.4, 0.5) is 17.2 Å². The van der Waals surface area contributed by atoms with Gasteiger partial charge in [-0.1, -0.05) is 0 Å². The van der Waals surface area contributed by atoms with Gasteiger partial charge in [-0.3, -0.25) is 4.98 Å². The highest BCUT2D eigenvalue weighted by Gasteiger charge is 2.14. The predicted molar refractivity (Wildman–Crippen MR) is 72.3 cm³/mol. The first kappa shape index (κ1) is 12.8. The van der Waals surface area contributed by atoms with E-state index in [1.165, 1.54) is 13.3 Å². The van der Waals surface area contributed by atoms with Crippen molar-refractivity contribution in [2.75, 3.05) is 24.8 Å². The molecule has 0 unspecified atom stereocenters. The molecule has 0 saturated heterocycles. The second-order valence-electron chi connectivity index (χ2n) is 3.89. The third-order valence-electron chi connectivity index (χ3n) is 2.70. The van der Waals surface area contributed by atoms with Crippen molar-refractivity contribution in [3.05, 3.63) is 42.4 Å². The normalized spacial score (nSPS) is 10.0. The Hall–Kier alpha value is -2.63. The van der Waals surface area contributed by atoms with Crippen molar-refractivity contribution in [3.8, 4) is 0 Å². The molecule has 6 heteroatoms. The maximum absolute atomic E-state index is 11.6. The topological polar surface area (TPSA) is 81.3 Å². The van der Waals surface area contributed by atoms with Crippen LogP contribution in [0.5, 0.6) is 0 Å². The molecule has 0 amide bonds. The molecule has 0 atom stereocenters. The number of ether oxygens (including phenoxy) is 1. The van der Waals surface area contributed by atoms with Crippen LogP contribution in [0.15, 0.2) is 36.8 Å². The highest BCUT2D eigenvalue weighted by Crippen LogP contribution is 2.23. The van der Waals surface area contributed by atoms with Gasteiger partial charge in [-0.15, -0.1) is 0 Å². The molecule has 19 heavy (non-hydrogen) atoms. The third kappa shape index (κ3) is 2.62. The fourth-order valence-electron chi connectivity index (χ4n) is 1.61. The zero-order valence-electron chi connectivity index (χ0n) is 10.7. The smallest absolute Gasteiger partial charge is 0.340 e. The average Bonchev–Trinajstić information content (AvgIpc) is 2.47. The molecule has 2 aromatic heterocycles. The number of pyridine rings is 2. The third-order valence-corrected chi connectivity index (χ3v) is 2.70. The van der Waals surface area contributed by atoms with E-state index in [1.54, 1.807) is 23.4 Å². The molecular formula is C13H14N4O2. The molecule has 0 aliphatic rings. The molecule has 0 aliphatic heterocycles. The van der Waals surface area contributed by atoms with Gasteiger partial charge in [-0.05, 0) is 18.2 Å². The van der Waals surface area contributed by atoms with Crippen LogP contribution in [0.2, 0.25) is 0 Å². The zero-order chi connectivity index (χ0) is 13.8. The Morgan fingerprint density at radius 1 is 1.42 bits per heavy atom. The van der Waals surface area contributed by atoms with Crippen LogP contribution in [-0.2, 0) is 4.74 Å². The molecule has 0 radical (unpaired) electrons. The number of nitrogen functional groups attached to an aromatic ring is 1. The molecular weight excluding hydrogens is 244 g/mol. The van der Waals surface area contributed by atoms with Crippen LogP contribution < -0.4 is 10.6 Å². The van der Waals surface area contributed by atoms with E-state index in [0.29, 0.717) is 11.4 Å². The minimum atomic E-state index is -0.485. The molecule has 2 rings (SSSR count). The van der Waals surface area contributed by atoms with Gasteiger partial charge < -0.3 is 15.4 Å². The Bertz CT molecular complexity index is 586. The summed E-state index contributed by atoms with van der Waals surface area (Å²) in [5, 5.41) is 0. The lowest BCUT2D eigenvalue weighted by Crippen LogP contribution is -2.14.